The fourth-order valence-electron chi connectivity index (χ4n) is 5.22. The van der Waals surface area contributed by atoms with Crippen molar-refractivity contribution in [2.24, 2.45) is 43.3 Å². The van der Waals surface area contributed by atoms with Crippen LogP contribution in [0.25, 0.3) is 0 Å². The van der Waals surface area contributed by atoms with Crippen LogP contribution in [0, 0.1) is 43.3 Å². The maximum atomic E-state index is 11.6. The predicted molar refractivity (Wildman–Crippen MR) is 284 cm³/mol. The summed E-state index contributed by atoms with van der Waals surface area (Å²) < 4.78 is 5.59. The molecule has 0 saturated carbocycles. The summed E-state index contributed by atoms with van der Waals surface area (Å²) in [5, 5.41) is 5.70. The molecule has 0 bridgehead atoms. The molecule has 0 spiro atoms. The molecular formula is C55H124N2O5. The quantitative estimate of drug-likeness (QED) is 0.169. The van der Waals surface area contributed by atoms with Gasteiger partial charge < -0.3 is 15.4 Å². The van der Waals surface area contributed by atoms with E-state index in [1.807, 2.05) is 41.5 Å². The Bertz CT molecular complexity index is 996. The topological polar surface area (TPSA) is 102 Å². The van der Waals surface area contributed by atoms with Gasteiger partial charge in [0, 0.05) is 64.8 Å². The summed E-state index contributed by atoms with van der Waals surface area (Å²) in [5.41, 5.74) is 1.98. The largest absolute Gasteiger partial charge is 0.381 e. The second-order valence-corrected chi connectivity index (χ2v) is 25.8. The Morgan fingerprint density at radius 3 is 0.742 bits per heavy atom. The zero-order chi connectivity index (χ0) is 45.6. The van der Waals surface area contributed by atoms with Crippen LogP contribution in [-0.2, 0) is 23.9 Å². The lowest BCUT2D eigenvalue weighted by Gasteiger charge is -2.28. The van der Waals surface area contributed by atoms with Crippen molar-refractivity contribution in [1.29, 1.82) is 0 Å². The third kappa shape index (κ3) is 89.2. The Hall–Kier alpha value is -1.76. The number of hydrogen-bond donors (Lipinski definition) is 2. The number of rotatable bonds is 14. The highest BCUT2D eigenvalue weighted by Crippen LogP contribution is 2.32. The highest BCUT2D eigenvalue weighted by molar-refractivity contribution is 5.85. The van der Waals surface area contributed by atoms with Gasteiger partial charge in [-0.1, -0.05) is 211 Å². The molecule has 0 rings (SSSR count). The van der Waals surface area contributed by atoms with Gasteiger partial charge in [-0.25, -0.2) is 0 Å². The van der Waals surface area contributed by atoms with E-state index in [9.17, 15) is 19.2 Å². The van der Waals surface area contributed by atoms with E-state index in [0.717, 1.165) is 26.1 Å². The van der Waals surface area contributed by atoms with Crippen molar-refractivity contribution >= 4 is 23.4 Å². The van der Waals surface area contributed by atoms with E-state index in [4.69, 9.17) is 4.74 Å². The minimum atomic E-state index is -0.0258. The van der Waals surface area contributed by atoms with Crippen LogP contribution in [0.1, 0.15) is 269 Å². The molecule has 0 atom stereocenters. The first-order valence-corrected chi connectivity index (χ1v) is 21.6. The smallest absolute Gasteiger partial charge is 0.220 e. The Morgan fingerprint density at radius 2 is 0.581 bits per heavy atom. The van der Waals surface area contributed by atoms with Crippen molar-refractivity contribution in [2.75, 3.05) is 26.3 Å². The molecule has 62 heavy (non-hydrogen) atoms. The first-order chi connectivity index (χ1) is 24.4. The number of ketones is 2. The molecule has 0 fully saturated rings. The lowest BCUT2D eigenvalue weighted by Crippen LogP contribution is -2.32. The van der Waals surface area contributed by atoms with Crippen molar-refractivity contribution in [3.05, 3.63) is 0 Å². The van der Waals surface area contributed by atoms with Gasteiger partial charge in [0.15, 0.2) is 0 Å². The molecule has 0 aromatic carbocycles. The van der Waals surface area contributed by atoms with Crippen LogP contribution in [0.5, 0.6) is 0 Å². The van der Waals surface area contributed by atoms with Crippen molar-refractivity contribution in [3.63, 3.8) is 0 Å². The first kappa shape index (κ1) is 83.8. The van der Waals surface area contributed by atoms with E-state index in [0.29, 0.717) is 73.3 Å². The minimum Gasteiger partial charge on any atom is -0.381 e. The Labute approximate surface area is 394 Å². The van der Waals surface area contributed by atoms with Crippen LogP contribution in [0.4, 0.5) is 0 Å². The average Bonchev–Trinajstić information content (AvgIpc) is 2.87. The lowest BCUT2D eigenvalue weighted by molar-refractivity contribution is -0.126. The van der Waals surface area contributed by atoms with Gasteiger partial charge in [-0.05, 0) is 62.6 Å². The van der Waals surface area contributed by atoms with Crippen LogP contribution >= 0.6 is 0 Å². The maximum absolute atomic E-state index is 11.6. The highest BCUT2D eigenvalue weighted by atomic mass is 16.5. The van der Waals surface area contributed by atoms with E-state index in [1.54, 1.807) is 0 Å². The van der Waals surface area contributed by atoms with Gasteiger partial charge in [0.1, 0.15) is 11.6 Å². The van der Waals surface area contributed by atoms with Crippen LogP contribution in [-0.4, -0.2) is 49.7 Å². The molecule has 7 nitrogen and oxygen atoms in total. The minimum absolute atomic E-state index is 0. The molecule has 0 unspecified atom stereocenters. The normalized spacial score (nSPS) is 11.6. The second kappa shape index (κ2) is 36.5. The van der Waals surface area contributed by atoms with Crippen LogP contribution < -0.4 is 10.6 Å². The summed E-state index contributed by atoms with van der Waals surface area (Å²) >= 11 is 0. The summed E-state index contributed by atoms with van der Waals surface area (Å²) in [6.07, 6.45) is 6.00. The predicted octanol–water partition coefficient (Wildman–Crippen LogP) is 17.0. The Balaban J connectivity index is -0.0000000720. The van der Waals surface area contributed by atoms with Crippen molar-refractivity contribution < 1.29 is 23.9 Å². The summed E-state index contributed by atoms with van der Waals surface area (Å²) in [7, 11) is 0. The fraction of sp³-hybridized carbons (Fsp3) is 0.927. The number of ether oxygens (including phenoxy) is 1. The first-order valence-electron chi connectivity index (χ1n) is 21.6. The molecule has 0 heterocycles. The van der Waals surface area contributed by atoms with Gasteiger partial charge in [0.2, 0.25) is 11.8 Å². The van der Waals surface area contributed by atoms with E-state index in [-0.39, 0.29) is 89.6 Å². The Morgan fingerprint density at radius 1 is 0.339 bits per heavy atom. The molecule has 0 aliphatic heterocycles. The number of carbonyl (C=O) groups is 4. The molecule has 7 heteroatoms. The standard InChI is InChI=1S/2C14H27NO2.C12H26O.C9H20.6CH4/c2*1-13(2,3)9-11(16)7-8-12(17)15-10-14(4,5)6;1-11(2,3)7-9-13-10-8-12(4,5)6;1-8(2,3)7-9(4,5)6;;;;;;/h2*7-10H2,1-6H3,(H,15,17);7-10H2,1-6H3;7H2,1-6H3;6*1H4. The monoisotopic (exact) mass is 893 g/mol. The highest BCUT2D eigenvalue weighted by Gasteiger charge is 2.21. The van der Waals surface area contributed by atoms with Gasteiger partial charge in [0.25, 0.3) is 0 Å². The molecule has 384 valence electrons. The SMILES string of the molecule is C.C.C.C.C.C.CC(C)(C)CC(C)(C)C.CC(C)(C)CCOCCC(C)(C)C.CC(C)(C)CNC(=O)CCC(=O)CC(C)(C)C.CC(C)(C)CNC(=O)CCC(=O)CC(C)(C)C. The van der Waals surface area contributed by atoms with Gasteiger partial charge in [-0.3, -0.25) is 19.2 Å². The molecule has 0 aliphatic carbocycles. The third-order valence-electron chi connectivity index (χ3n) is 7.40. The summed E-state index contributed by atoms with van der Waals surface area (Å²) in [4.78, 5) is 46.2. The number of nitrogens with one attached hydrogen (secondary N) is 2. The van der Waals surface area contributed by atoms with Crippen LogP contribution in [0.3, 0.4) is 0 Å². The van der Waals surface area contributed by atoms with E-state index in [2.05, 4.69) is 135 Å². The number of carbonyl (C=O) groups excluding carboxylic acids is 4. The van der Waals surface area contributed by atoms with Crippen LogP contribution in [0.2, 0.25) is 0 Å². The maximum Gasteiger partial charge on any atom is 0.220 e. The summed E-state index contributed by atoms with van der Waals surface area (Å²) in [6.45, 7) is 54.9. The lowest BCUT2D eigenvalue weighted by atomic mass is 9.78. The molecule has 0 aromatic heterocycles. The molecule has 0 saturated heterocycles. The van der Waals surface area contributed by atoms with Crippen LogP contribution in [0.15, 0.2) is 0 Å². The number of Topliss-reactive ketones (excluding diaryl/α,β-unsaturated/α-hetero) is 2. The molecule has 0 aliphatic rings. The van der Waals surface area contributed by atoms with Crippen molar-refractivity contribution in [1.82, 2.24) is 10.6 Å². The summed E-state index contributed by atoms with van der Waals surface area (Å²) in [5.74, 6) is 0.288. The third-order valence-corrected chi connectivity index (χ3v) is 7.40. The van der Waals surface area contributed by atoms with Gasteiger partial charge in [-0.2, -0.15) is 0 Å². The molecule has 0 aromatic rings. The molecule has 0 radical (unpaired) electrons. The average molecular weight is 894 g/mol. The number of amides is 2. The second-order valence-electron chi connectivity index (χ2n) is 25.8. The van der Waals surface area contributed by atoms with Crippen molar-refractivity contribution in [3.8, 4) is 0 Å². The number of hydrogen-bond acceptors (Lipinski definition) is 5. The van der Waals surface area contributed by atoms with Gasteiger partial charge in [-0.15, -0.1) is 0 Å². The molecule has 2 N–H and O–H groups in total. The van der Waals surface area contributed by atoms with E-state index < -0.39 is 0 Å². The van der Waals surface area contributed by atoms with Crippen molar-refractivity contribution in [2.45, 2.75) is 269 Å². The van der Waals surface area contributed by atoms with Gasteiger partial charge >= 0.3 is 0 Å². The summed E-state index contributed by atoms with van der Waals surface area (Å²) in [6, 6.07) is 0. The zero-order valence-corrected chi connectivity index (χ0v) is 42.2. The fourth-order valence-corrected chi connectivity index (χ4v) is 5.22. The molecule has 2 amide bonds. The zero-order valence-electron chi connectivity index (χ0n) is 42.2. The Kier molecular flexibility index (Phi) is 49.2. The van der Waals surface area contributed by atoms with E-state index >= 15 is 0 Å². The van der Waals surface area contributed by atoms with E-state index in [1.165, 1.54) is 6.42 Å². The van der Waals surface area contributed by atoms with Gasteiger partial charge in [0.05, 0.1) is 0 Å². The molecular weight excluding hydrogens is 769 g/mol.